The highest BCUT2D eigenvalue weighted by molar-refractivity contribution is 7.89. The van der Waals surface area contributed by atoms with E-state index in [4.69, 9.17) is 0 Å². The van der Waals surface area contributed by atoms with Gasteiger partial charge < -0.3 is 10.1 Å². The van der Waals surface area contributed by atoms with Gasteiger partial charge in [-0.15, -0.1) is 0 Å². The van der Waals surface area contributed by atoms with E-state index in [0.29, 0.717) is 13.0 Å². The first kappa shape index (κ1) is 16.4. The Morgan fingerprint density at radius 3 is 2.58 bits per heavy atom. The minimum absolute atomic E-state index is 0.0284. The van der Waals surface area contributed by atoms with Gasteiger partial charge in [-0.2, -0.15) is 0 Å². The first-order valence-electron chi connectivity index (χ1n) is 6.62. The Hall–Kier alpha value is -0.660. The molecule has 0 aliphatic carbocycles. The molecule has 1 fully saturated rings. The molecular weight excluding hydrogens is 268 g/mol. The summed E-state index contributed by atoms with van der Waals surface area (Å²) in [7, 11) is -2.00. The van der Waals surface area contributed by atoms with E-state index in [1.165, 1.54) is 7.11 Å². The Kier molecular flexibility index (Phi) is 6.22. The molecule has 1 heterocycles. The largest absolute Gasteiger partial charge is 0.469 e. The van der Waals surface area contributed by atoms with Gasteiger partial charge in [-0.25, -0.2) is 13.1 Å². The standard InChI is InChI=1S/C12H24N2O4S/c1-12(5-7-13-8-6-12)10-14-19(16,17)9-3-4-11(15)18-2/h13-14H,3-10H2,1-2H3. The average Bonchev–Trinajstić information content (AvgIpc) is 2.37. The molecule has 6 nitrogen and oxygen atoms in total. The second-order valence-electron chi connectivity index (χ2n) is 5.38. The van der Waals surface area contributed by atoms with Gasteiger partial charge in [0.25, 0.3) is 0 Å². The maximum atomic E-state index is 11.8. The van der Waals surface area contributed by atoms with Crippen LogP contribution in [0.2, 0.25) is 0 Å². The van der Waals surface area contributed by atoms with E-state index in [2.05, 4.69) is 21.7 Å². The number of hydrogen-bond acceptors (Lipinski definition) is 5. The van der Waals surface area contributed by atoms with E-state index in [-0.39, 0.29) is 23.6 Å². The molecule has 1 aliphatic rings. The van der Waals surface area contributed by atoms with Gasteiger partial charge in [0, 0.05) is 13.0 Å². The average molecular weight is 292 g/mol. The van der Waals surface area contributed by atoms with Gasteiger partial charge in [0.1, 0.15) is 0 Å². The van der Waals surface area contributed by atoms with Gasteiger partial charge in [0.15, 0.2) is 0 Å². The maximum absolute atomic E-state index is 11.8. The number of nitrogens with one attached hydrogen (secondary N) is 2. The summed E-state index contributed by atoms with van der Waals surface area (Å²) in [5, 5.41) is 3.26. The maximum Gasteiger partial charge on any atom is 0.305 e. The molecule has 0 bridgehead atoms. The summed E-state index contributed by atoms with van der Waals surface area (Å²) in [5.41, 5.74) is 0.0284. The number of sulfonamides is 1. The fourth-order valence-electron chi connectivity index (χ4n) is 2.07. The van der Waals surface area contributed by atoms with Gasteiger partial charge in [-0.1, -0.05) is 6.92 Å². The normalized spacial score (nSPS) is 19.1. The molecule has 112 valence electrons. The zero-order valence-electron chi connectivity index (χ0n) is 11.7. The number of rotatable bonds is 7. The lowest BCUT2D eigenvalue weighted by atomic mass is 9.81. The van der Waals surface area contributed by atoms with Crippen LogP contribution in [0, 0.1) is 5.41 Å². The third kappa shape index (κ3) is 6.35. The van der Waals surface area contributed by atoms with Gasteiger partial charge in [-0.05, 0) is 37.8 Å². The second kappa shape index (κ2) is 7.21. The highest BCUT2D eigenvalue weighted by atomic mass is 32.2. The molecule has 1 rings (SSSR count). The van der Waals surface area contributed by atoms with Crippen molar-refractivity contribution in [2.75, 3.05) is 32.5 Å². The second-order valence-corrected chi connectivity index (χ2v) is 7.31. The number of methoxy groups -OCH3 is 1. The number of ether oxygens (including phenoxy) is 1. The number of carbonyl (C=O) groups excluding carboxylic acids is 1. The van der Waals surface area contributed by atoms with Crippen LogP contribution in [-0.2, 0) is 19.6 Å². The minimum Gasteiger partial charge on any atom is -0.469 e. The van der Waals surface area contributed by atoms with Crippen molar-refractivity contribution in [2.45, 2.75) is 32.6 Å². The molecule has 0 atom stereocenters. The molecule has 0 aromatic rings. The topological polar surface area (TPSA) is 84.5 Å². The van der Waals surface area contributed by atoms with Crippen molar-refractivity contribution < 1.29 is 17.9 Å². The Labute approximate surface area is 115 Å². The van der Waals surface area contributed by atoms with Gasteiger partial charge in [-0.3, -0.25) is 4.79 Å². The van der Waals surface area contributed by atoms with Crippen molar-refractivity contribution in [1.29, 1.82) is 0 Å². The number of hydrogen-bond donors (Lipinski definition) is 2. The summed E-state index contributed by atoms with van der Waals surface area (Å²) in [6.45, 7) is 4.43. The molecule has 0 spiro atoms. The Bertz CT molecular complexity index is 389. The summed E-state index contributed by atoms with van der Waals surface area (Å²) in [5.74, 6) is -0.406. The van der Waals surface area contributed by atoms with E-state index in [0.717, 1.165) is 25.9 Å². The predicted octanol–water partition coefficient (Wildman–Crippen LogP) is 0.249. The summed E-state index contributed by atoms with van der Waals surface area (Å²) in [6.07, 6.45) is 2.37. The highest BCUT2D eigenvalue weighted by Crippen LogP contribution is 2.26. The van der Waals surface area contributed by atoms with Gasteiger partial charge >= 0.3 is 5.97 Å². The molecule has 0 saturated carbocycles. The van der Waals surface area contributed by atoms with Crippen LogP contribution < -0.4 is 10.0 Å². The molecule has 19 heavy (non-hydrogen) atoms. The Morgan fingerprint density at radius 1 is 1.37 bits per heavy atom. The van der Waals surface area contributed by atoms with Gasteiger partial charge in [0.05, 0.1) is 12.9 Å². The molecule has 0 aromatic carbocycles. The van der Waals surface area contributed by atoms with Crippen LogP contribution in [0.3, 0.4) is 0 Å². The van der Waals surface area contributed by atoms with Crippen LogP contribution in [0.4, 0.5) is 0 Å². The molecule has 1 saturated heterocycles. The van der Waals surface area contributed by atoms with Crippen LogP contribution in [0.15, 0.2) is 0 Å². The van der Waals surface area contributed by atoms with Crippen molar-refractivity contribution >= 4 is 16.0 Å². The van der Waals surface area contributed by atoms with E-state index < -0.39 is 10.0 Å². The quantitative estimate of drug-likeness (QED) is 0.657. The lowest BCUT2D eigenvalue weighted by Crippen LogP contribution is -2.43. The third-order valence-electron chi connectivity index (χ3n) is 3.55. The van der Waals surface area contributed by atoms with Crippen molar-refractivity contribution in [2.24, 2.45) is 5.41 Å². The number of carbonyl (C=O) groups is 1. The van der Waals surface area contributed by atoms with Crippen molar-refractivity contribution in [3.8, 4) is 0 Å². The molecule has 7 heteroatoms. The first-order valence-corrected chi connectivity index (χ1v) is 8.27. The van der Waals surface area contributed by atoms with Crippen molar-refractivity contribution in [3.05, 3.63) is 0 Å². The zero-order valence-corrected chi connectivity index (χ0v) is 12.5. The van der Waals surface area contributed by atoms with E-state index in [1.54, 1.807) is 0 Å². The van der Waals surface area contributed by atoms with Crippen LogP contribution in [0.25, 0.3) is 0 Å². The minimum atomic E-state index is -3.30. The lowest BCUT2D eigenvalue weighted by molar-refractivity contribution is -0.140. The van der Waals surface area contributed by atoms with Crippen molar-refractivity contribution in [3.63, 3.8) is 0 Å². The molecule has 0 unspecified atom stereocenters. The number of esters is 1. The monoisotopic (exact) mass is 292 g/mol. The number of piperidine rings is 1. The van der Waals surface area contributed by atoms with E-state index in [1.807, 2.05) is 0 Å². The molecule has 0 aromatic heterocycles. The van der Waals surface area contributed by atoms with Gasteiger partial charge in [0.2, 0.25) is 10.0 Å². The van der Waals surface area contributed by atoms with E-state index in [9.17, 15) is 13.2 Å². The highest BCUT2D eigenvalue weighted by Gasteiger charge is 2.28. The van der Waals surface area contributed by atoms with Crippen molar-refractivity contribution in [1.82, 2.24) is 10.0 Å². The van der Waals surface area contributed by atoms with E-state index >= 15 is 0 Å². The first-order chi connectivity index (χ1) is 8.87. The molecular formula is C12H24N2O4S. The SMILES string of the molecule is COC(=O)CCCS(=O)(=O)NCC1(C)CCNCC1. The predicted molar refractivity (Wildman–Crippen MR) is 73.3 cm³/mol. The van der Waals surface area contributed by atoms with Crippen LogP contribution in [-0.4, -0.2) is 46.9 Å². The summed E-state index contributed by atoms with van der Waals surface area (Å²) in [4.78, 5) is 10.9. The van der Waals surface area contributed by atoms with Crippen LogP contribution >= 0.6 is 0 Å². The molecule has 0 radical (unpaired) electrons. The fourth-order valence-corrected chi connectivity index (χ4v) is 3.31. The fraction of sp³-hybridized carbons (Fsp3) is 0.917. The summed E-state index contributed by atoms with van der Waals surface area (Å²) < 4.78 is 30.7. The Morgan fingerprint density at radius 2 is 2.00 bits per heavy atom. The Balaban J connectivity index is 2.31. The zero-order chi connectivity index (χ0) is 14.4. The third-order valence-corrected chi connectivity index (χ3v) is 4.96. The molecule has 0 amide bonds. The summed E-state index contributed by atoms with van der Waals surface area (Å²) in [6, 6.07) is 0. The summed E-state index contributed by atoms with van der Waals surface area (Å²) >= 11 is 0. The molecule has 2 N–H and O–H groups in total. The molecule has 1 aliphatic heterocycles. The lowest BCUT2D eigenvalue weighted by Gasteiger charge is -2.34. The van der Waals surface area contributed by atoms with Crippen LogP contribution in [0.1, 0.15) is 32.6 Å². The van der Waals surface area contributed by atoms with Crippen LogP contribution in [0.5, 0.6) is 0 Å². The smallest absolute Gasteiger partial charge is 0.305 e.